The van der Waals surface area contributed by atoms with Gasteiger partial charge in [-0.15, -0.1) is 0 Å². The summed E-state index contributed by atoms with van der Waals surface area (Å²) in [6, 6.07) is 5.25. The largest absolute Gasteiger partial charge is 0.482 e. The van der Waals surface area contributed by atoms with Crippen LogP contribution in [0, 0.1) is 0 Å². The Hall–Kier alpha value is -0.970. The van der Waals surface area contributed by atoms with Gasteiger partial charge in [-0.05, 0) is 19.1 Å². The average Bonchev–Trinajstić information content (AvgIpc) is 2.39. The van der Waals surface area contributed by atoms with Gasteiger partial charge in [0.25, 0.3) is 5.91 Å². The van der Waals surface area contributed by atoms with Gasteiger partial charge in [0.1, 0.15) is 5.75 Å². The molecule has 1 fully saturated rings. The number of hydrogen-bond donors (Lipinski definition) is 1. The Balaban J connectivity index is 1.91. The van der Waals surface area contributed by atoms with E-state index in [1.807, 2.05) is 6.92 Å². The lowest BCUT2D eigenvalue weighted by molar-refractivity contribution is -0.134. The number of nitrogens with one attached hydrogen (secondary N) is 1. The summed E-state index contributed by atoms with van der Waals surface area (Å²) in [7, 11) is 0. The molecule has 6 heteroatoms. The summed E-state index contributed by atoms with van der Waals surface area (Å²) in [6.45, 7) is 4.24. The zero-order valence-corrected chi connectivity index (χ0v) is 12.2. The number of rotatable bonds is 3. The number of carbonyl (C=O) groups excluding carboxylic acids is 1. The van der Waals surface area contributed by atoms with E-state index in [1.54, 1.807) is 23.1 Å². The first-order valence-corrected chi connectivity index (χ1v) is 6.91. The molecule has 2 rings (SSSR count). The van der Waals surface area contributed by atoms with Crippen LogP contribution in [0.25, 0.3) is 0 Å². The number of benzene rings is 1. The van der Waals surface area contributed by atoms with Crippen LogP contribution in [0.4, 0.5) is 0 Å². The Morgan fingerprint density at radius 3 is 3.05 bits per heavy atom. The highest BCUT2D eigenvalue weighted by atomic mass is 35.5. The number of ether oxygens (including phenoxy) is 1. The Labute approximate surface area is 122 Å². The molecular formula is C13H16Cl2N2O2. The van der Waals surface area contributed by atoms with Crippen molar-refractivity contribution in [3.8, 4) is 5.75 Å². The van der Waals surface area contributed by atoms with Crippen molar-refractivity contribution >= 4 is 29.1 Å². The molecule has 0 saturated carbocycles. The minimum atomic E-state index is -0.0376. The second kappa shape index (κ2) is 6.46. The van der Waals surface area contributed by atoms with Crippen molar-refractivity contribution in [2.45, 2.75) is 13.0 Å². The van der Waals surface area contributed by atoms with Crippen LogP contribution in [0.2, 0.25) is 10.0 Å². The molecule has 1 aliphatic rings. The smallest absolute Gasteiger partial charge is 0.260 e. The lowest BCUT2D eigenvalue weighted by atomic mass is 10.2. The Morgan fingerprint density at radius 2 is 2.32 bits per heavy atom. The molecule has 0 aliphatic carbocycles. The summed E-state index contributed by atoms with van der Waals surface area (Å²) < 4.78 is 5.44. The third-order valence-electron chi connectivity index (χ3n) is 2.97. The van der Waals surface area contributed by atoms with Gasteiger partial charge in [0.2, 0.25) is 0 Å². The summed E-state index contributed by atoms with van der Waals surface area (Å²) in [4.78, 5) is 13.8. The van der Waals surface area contributed by atoms with E-state index >= 15 is 0 Å². The fraction of sp³-hybridized carbons (Fsp3) is 0.462. The molecule has 0 bridgehead atoms. The van der Waals surface area contributed by atoms with E-state index in [0.717, 1.165) is 6.54 Å². The predicted octanol–water partition coefficient (Wildman–Crippen LogP) is 2.19. The number of piperazine rings is 1. The van der Waals surface area contributed by atoms with Crippen molar-refractivity contribution in [2.24, 2.45) is 0 Å². The summed E-state index contributed by atoms with van der Waals surface area (Å²) in [6.07, 6.45) is 0. The fourth-order valence-electron chi connectivity index (χ4n) is 1.98. The van der Waals surface area contributed by atoms with Gasteiger partial charge in [-0.3, -0.25) is 4.79 Å². The van der Waals surface area contributed by atoms with Gasteiger partial charge < -0.3 is 15.0 Å². The molecule has 4 nitrogen and oxygen atoms in total. The molecule has 0 aromatic heterocycles. The van der Waals surface area contributed by atoms with E-state index in [0.29, 0.717) is 34.9 Å². The highest BCUT2D eigenvalue weighted by Gasteiger charge is 2.20. The van der Waals surface area contributed by atoms with Crippen molar-refractivity contribution in [1.29, 1.82) is 0 Å². The van der Waals surface area contributed by atoms with Crippen LogP contribution in [0.5, 0.6) is 5.75 Å². The molecule has 1 N–H and O–H groups in total. The van der Waals surface area contributed by atoms with E-state index < -0.39 is 0 Å². The molecule has 0 spiro atoms. The number of carbonyl (C=O) groups is 1. The van der Waals surface area contributed by atoms with Crippen LogP contribution >= 0.6 is 23.2 Å². The van der Waals surface area contributed by atoms with Gasteiger partial charge in [0.05, 0.1) is 5.02 Å². The standard InChI is InChI=1S/C13H16Cl2N2O2/c1-9-7-17(5-4-16-9)13(18)8-19-12-6-10(14)2-3-11(12)15/h2-3,6,9,16H,4-5,7-8H2,1H3. The Bertz CT molecular complexity index is 468. The summed E-state index contributed by atoms with van der Waals surface area (Å²) in [5.74, 6) is 0.398. The Kier molecular flexibility index (Phi) is 4.91. The third-order valence-corrected chi connectivity index (χ3v) is 3.51. The van der Waals surface area contributed by atoms with Crippen LogP contribution in [0.3, 0.4) is 0 Å². The monoisotopic (exact) mass is 302 g/mol. The summed E-state index contributed by atoms with van der Waals surface area (Å²) in [5.41, 5.74) is 0. The fourth-order valence-corrected chi connectivity index (χ4v) is 2.31. The number of halogens is 2. The maximum absolute atomic E-state index is 12.0. The lowest BCUT2D eigenvalue weighted by Crippen LogP contribution is -2.52. The highest BCUT2D eigenvalue weighted by molar-refractivity contribution is 6.34. The summed E-state index contributed by atoms with van der Waals surface area (Å²) >= 11 is 11.8. The highest BCUT2D eigenvalue weighted by Crippen LogP contribution is 2.27. The molecule has 1 saturated heterocycles. The predicted molar refractivity (Wildman–Crippen MR) is 76.0 cm³/mol. The van der Waals surface area contributed by atoms with Crippen LogP contribution in [-0.2, 0) is 4.79 Å². The maximum atomic E-state index is 12.0. The number of hydrogen-bond acceptors (Lipinski definition) is 3. The van der Waals surface area contributed by atoms with E-state index in [1.165, 1.54) is 0 Å². The second-order valence-corrected chi connectivity index (χ2v) is 5.40. The van der Waals surface area contributed by atoms with Crippen LogP contribution < -0.4 is 10.1 Å². The van der Waals surface area contributed by atoms with E-state index in [2.05, 4.69) is 5.32 Å². The van der Waals surface area contributed by atoms with Gasteiger partial charge in [-0.25, -0.2) is 0 Å². The van der Waals surface area contributed by atoms with E-state index in [9.17, 15) is 4.79 Å². The first kappa shape index (κ1) is 14.4. The Morgan fingerprint density at radius 1 is 1.53 bits per heavy atom. The molecule has 1 unspecified atom stereocenters. The quantitative estimate of drug-likeness (QED) is 0.930. The topological polar surface area (TPSA) is 41.6 Å². The van der Waals surface area contributed by atoms with Gasteiger partial charge in [-0.1, -0.05) is 23.2 Å². The van der Waals surface area contributed by atoms with E-state index in [4.69, 9.17) is 27.9 Å². The van der Waals surface area contributed by atoms with Crippen molar-refractivity contribution < 1.29 is 9.53 Å². The molecule has 1 aromatic rings. The third kappa shape index (κ3) is 4.00. The van der Waals surface area contributed by atoms with Crippen LogP contribution in [-0.4, -0.2) is 43.1 Å². The molecule has 1 amide bonds. The van der Waals surface area contributed by atoms with Crippen molar-refractivity contribution in [3.63, 3.8) is 0 Å². The average molecular weight is 303 g/mol. The SMILES string of the molecule is CC1CN(C(=O)COc2cc(Cl)ccc2Cl)CCN1. The van der Waals surface area contributed by atoms with Crippen molar-refractivity contribution in [2.75, 3.05) is 26.2 Å². The minimum absolute atomic E-state index is 0.0210. The lowest BCUT2D eigenvalue weighted by Gasteiger charge is -2.31. The normalized spacial score (nSPS) is 19.3. The maximum Gasteiger partial charge on any atom is 0.260 e. The van der Waals surface area contributed by atoms with Gasteiger partial charge in [0, 0.05) is 36.8 Å². The molecule has 1 aliphatic heterocycles. The second-order valence-electron chi connectivity index (χ2n) is 4.56. The first-order chi connectivity index (χ1) is 9.06. The molecule has 0 radical (unpaired) electrons. The van der Waals surface area contributed by atoms with Gasteiger partial charge >= 0.3 is 0 Å². The van der Waals surface area contributed by atoms with Crippen LogP contribution in [0.15, 0.2) is 18.2 Å². The summed E-state index contributed by atoms with van der Waals surface area (Å²) in [5, 5.41) is 4.26. The number of nitrogens with zero attached hydrogens (tertiary/aromatic N) is 1. The zero-order chi connectivity index (χ0) is 13.8. The van der Waals surface area contributed by atoms with Crippen molar-refractivity contribution in [3.05, 3.63) is 28.2 Å². The zero-order valence-electron chi connectivity index (χ0n) is 10.7. The van der Waals surface area contributed by atoms with E-state index in [-0.39, 0.29) is 12.5 Å². The molecule has 19 heavy (non-hydrogen) atoms. The number of amides is 1. The molecule has 1 atom stereocenters. The van der Waals surface area contributed by atoms with Gasteiger partial charge in [-0.2, -0.15) is 0 Å². The molecule has 1 aromatic carbocycles. The molecular weight excluding hydrogens is 287 g/mol. The van der Waals surface area contributed by atoms with Gasteiger partial charge in [0.15, 0.2) is 6.61 Å². The minimum Gasteiger partial charge on any atom is -0.482 e. The first-order valence-electron chi connectivity index (χ1n) is 6.15. The van der Waals surface area contributed by atoms with Crippen molar-refractivity contribution in [1.82, 2.24) is 10.2 Å². The molecule has 104 valence electrons. The van der Waals surface area contributed by atoms with Crippen LogP contribution in [0.1, 0.15) is 6.92 Å². The molecule has 1 heterocycles.